The third-order valence-corrected chi connectivity index (χ3v) is 2.25. The topological polar surface area (TPSA) is 61.7 Å². The Hall–Kier alpha value is -2.26. The quantitative estimate of drug-likeness (QED) is 0.509. The Balaban J connectivity index is 3.26. The first kappa shape index (κ1) is 16.8. The summed E-state index contributed by atoms with van der Waals surface area (Å²) >= 11 is 0. The van der Waals surface area contributed by atoms with E-state index in [1.807, 2.05) is 5.43 Å². The first-order valence-corrected chi connectivity index (χ1v) is 5.24. The average Bonchev–Trinajstić information content (AvgIpc) is 2.33. The number of hydrazone groups is 1. The zero-order valence-electron chi connectivity index (χ0n) is 10.3. The second-order valence-electron chi connectivity index (χ2n) is 3.91. The monoisotopic (exact) mass is 314 g/mol. The number of aliphatic carboxylic acids is 1. The Morgan fingerprint density at radius 3 is 1.81 bits per heavy atom. The summed E-state index contributed by atoms with van der Waals surface area (Å²) < 4.78 is 75.2. The van der Waals surface area contributed by atoms with Gasteiger partial charge in [-0.1, -0.05) is 0 Å². The molecule has 1 aromatic carbocycles. The van der Waals surface area contributed by atoms with Crippen LogP contribution in [0.1, 0.15) is 18.1 Å². The van der Waals surface area contributed by atoms with Gasteiger partial charge in [0.15, 0.2) is 0 Å². The van der Waals surface area contributed by atoms with Crippen LogP contribution in [0, 0.1) is 0 Å². The maximum absolute atomic E-state index is 12.5. The zero-order chi connectivity index (χ0) is 16.4. The summed E-state index contributed by atoms with van der Waals surface area (Å²) in [5, 5.41) is 11.7. The Bertz CT molecular complexity index is 545. The standard InChI is InChI=1S/C11H8F6N2O2/c1-5(9(20)21)18-19-8-3-6(10(12,13)14)2-7(4-8)11(15,16)17/h2-4,19H,1H3,(H,20,21)/b18-5+. The van der Waals surface area contributed by atoms with Crippen LogP contribution in [0.15, 0.2) is 23.3 Å². The number of rotatable bonds is 3. The molecule has 21 heavy (non-hydrogen) atoms. The van der Waals surface area contributed by atoms with E-state index in [4.69, 9.17) is 5.11 Å². The van der Waals surface area contributed by atoms with E-state index in [1.54, 1.807) is 0 Å². The maximum atomic E-state index is 12.5. The Labute approximate surface area is 114 Å². The van der Waals surface area contributed by atoms with Crippen LogP contribution < -0.4 is 5.43 Å². The minimum Gasteiger partial charge on any atom is -0.477 e. The molecule has 0 bridgehead atoms. The van der Waals surface area contributed by atoms with Crippen molar-refractivity contribution in [3.63, 3.8) is 0 Å². The number of nitrogens with one attached hydrogen (secondary N) is 1. The molecule has 1 rings (SSSR count). The fraction of sp³-hybridized carbons (Fsp3) is 0.273. The van der Waals surface area contributed by atoms with Crippen molar-refractivity contribution < 1.29 is 36.2 Å². The highest BCUT2D eigenvalue weighted by atomic mass is 19.4. The number of carboxylic acids is 1. The summed E-state index contributed by atoms with van der Waals surface area (Å²) in [6.45, 7) is 1.02. The average molecular weight is 314 g/mol. The van der Waals surface area contributed by atoms with Crippen LogP contribution in [0.4, 0.5) is 32.0 Å². The fourth-order valence-electron chi connectivity index (χ4n) is 1.22. The van der Waals surface area contributed by atoms with E-state index in [0.29, 0.717) is 12.1 Å². The summed E-state index contributed by atoms with van der Waals surface area (Å²) in [5.74, 6) is -1.47. The van der Waals surface area contributed by atoms with Gasteiger partial charge < -0.3 is 5.11 Å². The van der Waals surface area contributed by atoms with Crippen molar-refractivity contribution >= 4 is 17.4 Å². The molecule has 1 aromatic rings. The van der Waals surface area contributed by atoms with Gasteiger partial charge in [0.1, 0.15) is 5.71 Å². The Morgan fingerprint density at radius 1 is 1.05 bits per heavy atom. The van der Waals surface area contributed by atoms with Crippen LogP contribution in [-0.2, 0) is 17.1 Å². The normalized spacial score (nSPS) is 13.2. The van der Waals surface area contributed by atoms with E-state index in [0.717, 1.165) is 6.92 Å². The van der Waals surface area contributed by atoms with Crippen LogP contribution in [0.2, 0.25) is 0 Å². The number of hydrogen-bond acceptors (Lipinski definition) is 3. The molecule has 0 heterocycles. The minimum atomic E-state index is -4.98. The van der Waals surface area contributed by atoms with Gasteiger partial charge in [-0.3, -0.25) is 5.43 Å². The number of halogens is 6. The van der Waals surface area contributed by atoms with Gasteiger partial charge in [0.05, 0.1) is 16.8 Å². The molecule has 0 aromatic heterocycles. The van der Waals surface area contributed by atoms with Gasteiger partial charge in [0.25, 0.3) is 0 Å². The second kappa shape index (κ2) is 5.62. The van der Waals surface area contributed by atoms with Gasteiger partial charge in [0, 0.05) is 0 Å². The van der Waals surface area contributed by atoms with Crippen molar-refractivity contribution in [2.75, 3.05) is 5.43 Å². The van der Waals surface area contributed by atoms with Crippen molar-refractivity contribution in [3.8, 4) is 0 Å². The number of carboxylic acid groups (broad SMARTS) is 1. The van der Waals surface area contributed by atoms with Crippen molar-refractivity contribution in [2.45, 2.75) is 19.3 Å². The van der Waals surface area contributed by atoms with E-state index in [-0.39, 0.29) is 6.07 Å². The Morgan fingerprint density at radius 2 is 1.48 bits per heavy atom. The molecule has 0 radical (unpaired) electrons. The third-order valence-electron chi connectivity index (χ3n) is 2.25. The molecule has 116 valence electrons. The molecule has 0 amide bonds. The van der Waals surface area contributed by atoms with E-state index < -0.39 is 40.8 Å². The fourth-order valence-corrected chi connectivity index (χ4v) is 1.22. The molecule has 0 aliphatic heterocycles. The lowest BCUT2D eigenvalue weighted by Crippen LogP contribution is -2.13. The van der Waals surface area contributed by atoms with Crippen molar-refractivity contribution in [1.82, 2.24) is 0 Å². The lowest BCUT2D eigenvalue weighted by Gasteiger charge is -2.13. The van der Waals surface area contributed by atoms with Gasteiger partial charge in [-0.05, 0) is 25.1 Å². The van der Waals surface area contributed by atoms with Crippen LogP contribution in [0.5, 0.6) is 0 Å². The molecular formula is C11H8F6N2O2. The maximum Gasteiger partial charge on any atom is 0.416 e. The van der Waals surface area contributed by atoms with Gasteiger partial charge in [0.2, 0.25) is 0 Å². The summed E-state index contributed by atoms with van der Waals surface area (Å²) in [4.78, 5) is 10.4. The molecule has 0 fully saturated rings. The summed E-state index contributed by atoms with van der Waals surface area (Å²) in [6.07, 6.45) is -9.97. The van der Waals surface area contributed by atoms with Crippen LogP contribution in [0.25, 0.3) is 0 Å². The summed E-state index contributed by atoms with van der Waals surface area (Å²) in [7, 11) is 0. The lowest BCUT2D eigenvalue weighted by atomic mass is 10.1. The van der Waals surface area contributed by atoms with Crippen LogP contribution in [-0.4, -0.2) is 16.8 Å². The minimum absolute atomic E-state index is 0.0427. The predicted molar refractivity (Wildman–Crippen MR) is 60.8 cm³/mol. The van der Waals surface area contributed by atoms with E-state index in [2.05, 4.69) is 5.10 Å². The Kier molecular flexibility index (Phi) is 4.49. The molecule has 2 N–H and O–H groups in total. The van der Waals surface area contributed by atoms with Crippen LogP contribution in [0.3, 0.4) is 0 Å². The highest BCUT2D eigenvalue weighted by molar-refractivity contribution is 6.34. The van der Waals surface area contributed by atoms with Gasteiger partial charge in [-0.2, -0.15) is 31.4 Å². The van der Waals surface area contributed by atoms with E-state index in [1.165, 1.54) is 0 Å². The highest BCUT2D eigenvalue weighted by Crippen LogP contribution is 2.37. The van der Waals surface area contributed by atoms with Gasteiger partial charge in [-0.25, -0.2) is 4.79 Å². The van der Waals surface area contributed by atoms with Crippen molar-refractivity contribution in [1.29, 1.82) is 0 Å². The molecule has 0 aliphatic carbocycles. The summed E-state index contributed by atoms with van der Waals surface area (Å²) in [6, 6.07) is 0.751. The number of carbonyl (C=O) groups is 1. The highest BCUT2D eigenvalue weighted by Gasteiger charge is 2.36. The van der Waals surface area contributed by atoms with Gasteiger partial charge >= 0.3 is 18.3 Å². The predicted octanol–water partition coefficient (Wildman–Crippen LogP) is 3.60. The number of nitrogens with zero attached hydrogens (tertiary/aromatic N) is 1. The molecule has 0 saturated heterocycles. The molecule has 0 spiro atoms. The number of benzene rings is 1. The molecule has 4 nitrogen and oxygen atoms in total. The molecule has 0 aliphatic rings. The summed E-state index contributed by atoms with van der Waals surface area (Å²) in [5.41, 5.74) is -2.35. The lowest BCUT2D eigenvalue weighted by molar-refractivity contribution is -0.143. The molecule has 10 heteroatoms. The molecule has 0 atom stereocenters. The number of alkyl halides is 6. The van der Waals surface area contributed by atoms with E-state index >= 15 is 0 Å². The zero-order valence-corrected chi connectivity index (χ0v) is 10.3. The first-order chi connectivity index (χ1) is 9.41. The van der Waals surface area contributed by atoms with Crippen LogP contribution >= 0.6 is 0 Å². The van der Waals surface area contributed by atoms with Crippen molar-refractivity contribution in [2.24, 2.45) is 5.10 Å². The SMILES string of the molecule is C/C(=N\Nc1cc(C(F)(F)F)cc(C(F)(F)F)c1)C(=O)O. The van der Waals surface area contributed by atoms with Gasteiger partial charge in [-0.15, -0.1) is 0 Å². The number of hydrogen-bond donors (Lipinski definition) is 2. The van der Waals surface area contributed by atoms with Crippen molar-refractivity contribution in [3.05, 3.63) is 29.3 Å². The first-order valence-electron chi connectivity index (χ1n) is 5.24. The molecule has 0 saturated carbocycles. The largest absolute Gasteiger partial charge is 0.477 e. The smallest absolute Gasteiger partial charge is 0.416 e. The molecular weight excluding hydrogens is 306 g/mol. The molecule has 0 unspecified atom stereocenters. The third kappa shape index (κ3) is 4.65. The number of anilines is 1. The van der Waals surface area contributed by atoms with E-state index in [9.17, 15) is 31.1 Å². The second-order valence-corrected chi connectivity index (χ2v) is 3.91.